The van der Waals surface area contributed by atoms with Crippen molar-refractivity contribution in [3.05, 3.63) is 44.9 Å². The van der Waals surface area contributed by atoms with Gasteiger partial charge in [-0.2, -0.15) is 0 Å². The quantitative estimate of drug-likeness (QED) is 0.837. The fraction of sp³-hybridized carbons (Fsp3) is 0.100. The molecule has 0 saturated heterocycles. The summed E-state index contributed by atoms with van der Waals surface area (Å²) in [5, 5.41) is 8.65. The number of pyridine rings is 1. The average Bonchev–Trinajstić information content (AvgIpc) is 2.22. The maximum Gasteiger partial charge on any atom is 0.308 e. The Kier molecular flexibility index (Phi) is 2.74. The Hall–Kier alpha value is -1.69. The molecule has 0 unspecified atom stereocenters. The Morgan fingerprint density at radius 2 is 2.25 bits per heavy atom. The summed E-state index contributed by atoms with van der Waals surface area (Å²) in [4.78, 5) is 26.5. The molecule has 0 aliphatic carbocycles. The van der Waals surface area contributed by atoms with Crippen LogP contribution in [-0.2, 0) is 11.2 Å². The van der Waals surface area contributed by atoms with Crippen LogP contribution in [0.5, 0.6) is 0 Å². The van der Waals surface area contributed by atoms with E-state index in [1.807, 2.05) is 0 Å². The third-order valence-corrected chi connectivity index (χ3v) is 2.71. The highest BCUT2D eigenvalue weighted by atomic mass is 79.9. The topological polar surface area (TPSA) is 71.7 Å². The van der Waals surface area contributed by atoms with Crippen LogP contribution in [0, 0.1) is 0 Å². The van der Waals surface area contributed by atoms with E-state index in [1.54, 1.807) is 18.2 Å². The third kappa shape index (κ3) is 1.83. The molecule has 0 saturated carbocycles. The predicted molar refractivity (Wildman–Crippen MR) is 60.5 cm³/mol. The molecule has 2 rings (SSSR count). The van der Waals surface area contributed by atoms with Gasteiger partial charge in [0.05, 0.1) is 11.0 Å². The first-order valence-corrected chi connectivity index (χ1v) is 5.26. The standard InChI is InChI=1S/C10H7BrN2O3/c11-7-2-1-3-8-12-5-6(4-9(14)15)10(16)13(7)8/h1-3,5H,4H2,(H,14,15). The summed E-state index contributed by atoms with van der Waals surface area (Å²) in [6.45, 7) is 0. The second kappa shape index (κ2) is 4.05. The van der Waals surface area contributed by atoms with Crippen molar-refractivity contribution in [3.63, 3.8) is 0 Å². The number of carboxylic acids is 1. The van der Waals surface area contributed by atoms with E-state index >= 15 is 0 Å². The Bertz CT molecular complexity index is 621. The molecule has 0 aliphatic rings. The molecule has 0 aromatic carbocycles. The maximum absolute atomic E-state index is 11.9. The van der Waals surface area contributed by atoms with Crippen LogP contribution in [0.3, 0.4) is 0 Å². The Labute approximate surface area is 98.5 Å². The minimum atomic E-state index is -1.05. The number of nitrogens with zero attached hydrogens (tertiary/aromatic N) is 2. The van der Waals surface area contributed by atoms with Gasteiger partial charge in [-0.15, -0.1) is 0 Å². The van der Waals surface area contributed by atoms with E-state index < -0.39 is 5.97 Å². The van der Waals surface area contributed by atoms with Crippen LogP contribution >= 0.6 is 15.9 Å². The van der Waals surface area contributed by atoms with Crippen LogP contribution in [0.1, 0.15) is 5.56 Å². The first kappa shape index (κ1) is 10.8. The lowest BCUT2D eigenvalue weighted by Gasteiger charge is -2.04. The number of hydrogen-bond acceptors (Lipinski definition) is 3. The lowest BCUT2D eigenvalue weighted by atomic mass is 10.2. The molecular weight excluding hydrogens is 276 g/mol. The molecule has 0 atom stereocenters. The summed E-state index contributed by atoms with van der Waals surface area (Å²) in [5.41, 5.74) is 0.283. The van der Waals surface area contributed by atoms with Gasteiger partial charge in [0.2, 0.25) is 0 Å². The van der Waals surface area contributed by atoms with Gasteiger partial charge >= 0.3 is 5.97 Å². The highest BCUT2D eigenvalue weighted by molar-refractivity contribution is 9.10. The number of fused-ring (bicyclic) bond motifs is 1. The van der Waals surface area contributed by atoms with Crippen molar-refractivity contribution in [2.75, 3.05) is 0 Å². The molecule has 1 N–H and O–H groups in total. The number of halogens is 1. The molecule has 2 heterocycles. The minimum absolute atomic E-state index is 0.164. The summed E-state index contributed by atoms with van der Waals surface area (Å²) in [6, 6.07) is 5.13. The van der Waals surface area contributed by atoms with Crippen LogP contribution in [0.2, 0.25) is 0 Å². The molecule has 0 radical (unpaired) electrons. The van der Waals surface area contributed by atoms with E-state index in [-0.39, 0.29) is 17.5 Å². The zero-order valence-electron chi connectivity index (χ0n) is 8.05. The number of carboxylic acid groups (broad SMARTS) is 1. The van der Waals surface area contributed by atoms with E-state index in [0.717, 1.165) is 0 Å². The predicted octanol–water partition coefficient (Wildman–Crippen LogP) is 1.08. The first-order valence-electron chi connectivity index (χ1n) is 4.46. The van der Waals surface area contributed by atoms with Crippen molar-refractivity contribution in [2.24, 2.45) is 0 Å². The number of rotatable bonds is 2. The van der Waals surface area contributed by atoms with Gasteiger partial charge in [0.15, 0.2) is 0 Å². The van der Waals surface area contributed by atoms with Crippen LogP contribution in [-0.4, -0.2) is 20.5 Å². The van der Waals surface area contributed by atoms with Crippen molar-refractivity contribution in [2.45, 2.75) is 6.42 Å². The number of aliphatic carboxylic acids is 1. The molecule has 2 aromatic heterocycles. The third-order valence-electron chi connectivity index (χ3n) is 2.09. The smallest absolute Gasteiger partial charge is 0.308 e. The lowest BCUT2D eigenvalue weighted by molar-refractivity contribution is -0.136. The monoisotopic (exact) mass is 282 g/mol. The summed E-state index contributed by atoms with van der Waals surface area (Å²) in [5.74, 6) is -1.05. The van der Waals surface area contributed by atoms with Gasteiger partial charge in [0.1, 0.15) is 5.65 Å². The first-order chi connectivity index (χ1) is 7.59. The van der Waals surface area contributed by atoms with Gasteiger partial charge in [-0.1, -0.05) is 6.07 Å². The van der Waals surface area contributed by atoms with Crippen LogP contribution in [0.4, 0.5) is 0 Å². The van der Waals surface area contributed by atoms with Gasteiger partial charge in [-0.05, 0) is 28.1 Å². The van der Waals surface area contributed by atoms with Crippen molar-refractivity contribution in [1.29, 1.82) is 0 Å². The highest BCUT2D eigenvalue weighted by Crippen LogP contribution is 2.09. The SMILES string of the molecule is O=C(O)Cc1cnc2cccc(Br)n2c1=O. The van der Waals surface area contributed by atoms with E-state index in [4.69, 9.17) is 5.11 Å². The Morgan fingerprint density at radius 1 is 1.50 bits per heavy atom. The fourth-order valence-corrected chi connectivity index (χ4v) is 1.90. The summed E-state index contributed by atoms with van der Waals surface area (Å²) in [7, 11) is 0. The summed E-state index contributed by atoms with van der Waals surface area (Å²) in [6.07, 6.45) is 0.980. The van der Waals surface area contributed by atoms with Crippen molar-refractivity contribution in [1.82, 2.24) is 9.38 Å². The van der Waals surface area contributed by atoms with Gasteiger partial charge in [0.25, 0.3) is 5.56 Å². The molecule has 5 nitrogen and oxygen atoms in total. The van der Waals surface area contributed by atoms with Crippen molar-refractivity contribution < 1.29 is 9.90 Å². The Morgan fingerprint density at radius 3 is 2.94 bits per heavy atom. The van der Waals surface area contributed by atoms with Crippen molar-refractivity contribution in [3.8, 4) is 0 Å². The molecule has 16 heavy (non-hydrogen) atoms. The largest absolute Gasteiger partial charge is 0.481 e. The molecule has 6 heteroatoms. The highest BCUT2D eigenvalue weighted by Gasteiger charge is 2.09. The van der Waals surface area contributed by atoms with Gasteiger partial charge in [0, 0.05) is 11.8 Å². The number of carbonyl (C=O) groups is 1. The average molecular weight is 283 g/mol. The molecule has 0 amide bonds. The van der Waals surface area contributed by atoms with Gasteiger partial charge < -0.3 is 5.11 Å². The molecular formula is C10H7BrN2O3. The molecule has 0 fully saturated rings. The molecule has 0 spiro atoms. The molecule has 0 aliphatic heterocycles. The second-order valence-electron chi connectivity index (χ2n) is 3.20. The molecule has 82 valence electrons. The van der Waals surface area contributed by atoms with Crippen molar-refractivity contribution >= 4 is 27.5 Å². The van der Waals surface area contributed by atoms with E-state index in [2.05, 4.69) is 20.9 Å². The van der Waals surface area contributed by atoms with E-state index in [1.165, 1.54) is 10.6 Å². The number of hydrogen-bond donors (Lipinski definition) is 1. The zero-order chi connectivity index (χ0) is 11.7. The zero-order valence-corrected chi connectivity index (χ0v) is 9.64. The second-order valence-corrected chi connectivity index (χ2v) is 4.01. The fourth-order valence-electron chi connectivity index (χ4n) is 1.40. The summed E-state index contributed by atoms with van der Waals surface area (Å²) >= 11 is 3.22. The van der Waals surface area contributed by atoms with Crippen LogP contribution in [0.15, 0.2) is 33.8 Å². The number of aromatic nitrogens is 2. The van der Waals surface area contributed by atoms with Gasteiger partial charge in [-0.25, -0.2) is 4.98 Å². The lowest BCUT2D eigenvalue weighted by Crippen LogP contribution is -2.22. The maximum atomic E-state index is 11.9. The normalized spacial score (nSPS) is 10.6. The Balaban J connectivity index is 2.73. The minimum Gasteiger partial charge on any atom is -0.481 e. The van der Waals surface area contributed by atoms with Gasteiger partial charge in [-0.3, -0.25) is 14.0 Å². The summed E-state index contributed by atoms with van der Waals surface area (Å²) < 4.78 is 1.88. The molecule has 0 bridgehead atoms. The van der Waals surface area contributed by atoms with Crippen LogP contribution < -0.4 is 5.56 Å². The van der Waals surface area contributed by atoms with E-state index in [9.17, 15) is 9.59 Å². The van der Waals surface area contributed by atoms with Crippen LogP contribution in [0.25, 0.3) is 5.65 Å². The molecule has 2 aromatic rings. The van der Waals surface area contributed by atoms with E-state index in [0.29, 0.717) is 10.3 Å².